The highest BCUT2D eigenvalue weighted by Gasteiger charge is 2.25. The van der Waals surface area contributed by atoms with Crippen molar-refractivity contribution < 1.29 is 9.53 Å². The molecule has 4 heteroatoms. The first-order valence-electron chi connectivity index (χ1n) is 6.07. The first kappa shape index (κ1) is 13.3. The summed E-state index contributed by atoms with van der Waals surface area (Å²) in [4.78, 5) is 13.9. The van der Waals surface area contributed by atoms with E-state index in [4.69, 9.17) is 4.74 Å². The normalized spacial score (nSPS) is 27.6. The molecular weight excluding hydrogens is 204 g/mol. The number of rotatable bonds is 3. The van der Waals surface area contributed by atoms with E-state index in [1.807, 2.05) is 11.8 Å². The lowest BCUT2D eigenvalue weighted by atomic mass is 9.92. The van der Waals surface area contributed by atoms with Crippen molar-refractivity contribution in [3.05, 3.63) is 0 Å². The molecule has 0 aromatic heterocycles. The number of likely N-dealkylation sites (tertiary alicyclic amines) is 1. The van der Waals surface area contributed by atoms with E-state index in [1.54, 1.807) is 7.11 Å². The van der Waals surface area contributed by atoms with Gasteiger partial charge >= 0.3 is 6.03 Å². The molecule has 0 spiro atoms. The number of nitrogens with one attached hydrogen (secondary N) is 1. The molecular formula is C12H24N2O2. The number of hydrogen-bond donors (Lipinski definition) is 1. The molecule has 4 nitrogen and oxygen atoms in total. The number of carbonyl (C=O) groups excluding carboxylic acids is 1. The maximum Gasteiger partial charge on any atom is 0.317 e. The van der Waals surface area contributed by atoms with E-state index in [-0.39, 0.29) is 12.1 Å². The topological polar surface area (TPSA) is 41.6 Å². The summed E-state index contributed by atoms with van der Waals surface area (Å²) in [6.07, 6.45) is 1.22. The van der Waals surface area contributed by atoms with Crippen LogP contribution in [0, 0.1) is 11.8 Å². The number of methoxy groups -OCH3 is 1. The van der Waals surface area contributed by atoms with Crippen molar-refractivity contribution in [3.8, 4) is 0 Å². The van der Waals surface area contributed by atoms with Crippen LogP contribution in [0.4, 0.5) is 4.79 Å². The van der Waals surface area contributed by atoms with Gasteiger partial charge in [0.05, 0.1) is 12.6 Å². The summed E-state index contributed by atoms with van der Waals surface area (Å²) >= 11 is 0. The number of carbonyl (C=O) groups is 1. The van der Waals surface area contributed by atoms with Gasteiger partial charge in [-0.3, -0.25) is 0 Å². The Morgan fingerprint density at radius 2 is 2.00 bits per heavy atom. The molecule has 0 aromatic rings. The van der Waals surface area contributed by atoms with E-state index in [1.165, 1.54) is 6.42 Å². The lowest BCUT2D eigenvalue weighted by molar-refractivity contribution is 0.132. The fourth-order valence-electron chi connectivity index (χ4n) is 2.42. The lowest BCUT2D eigenvalue weighted by Gasteiger charge is -2.35. The van der Waals surface area contributed by atoms with E-state index in [0.717, 1.165) is 13.1 Å². The Morgan fingerprint density at radius 1 is 1.44 bits per heavy atom. The molecule has 3 atom stereocenters. The molecule has 1 saturated heterocycles. The Kier molecular flexibility index (Phi) is 5.06. The smallest absolute Gasteiger partial charge is 0.317 e. The summed E-state index contributed by atoms with van der Waals surface area (Å²) in [7, 11) is 1.65. The molecule has 3 unspecified atom stereocenters. The van der Waals surface area contributed by atoms with E-state index >= 15 is 0 Å². The molecule has 0 aromatic carbocycles. The third-order valence-corrected chi connectivity index (χ3v) is 2.94. The van der Waals surface area contributed by atoms with E-state index in [2.05, 4.69) is 19.2 Å². The third-order valence-electron chi connectivity index (χ3n) is 2.94. The van der Waals surface area contributed by atoms with Crippen LogP contribution in [0.25, 0.3) is 0 Å². The minimum atomic E-state index is 0.0444. The quantitative estimate of drug-likeness (QED) is 0.799. The Bertz CT molecular complexity index is 223. The van der Waals surface area contributed by atoms with Gasteiger partial charge in [-0.15, -0.1) is 0 Å². The van der Waals surface area contributed by atoms with Crippen molar-refractivity contribution in [2.75, 3.05) is 26.8 Å². The van der Waals surface area contributed by atoms with Crippen molar-refractivity contribution in [1.82, 2.24) is 10.2 Å². The van der Waals surface area contributed by atoms with Crippen LogP contribution in [0.15, 0.2) is 0 Å². The Morgan fingerprint density at radius 3 is 2.50 bits per heavy atom. The molecule has 0 aliphatic carbocycles. The first-order chi connectivity index (χ1) is 7.52. The SMILES string of the molecule is COCC(C)NC(=O)N1CC(C)CC(C)C1. The Hall–Kier alpha value is -0.770. The van der Waals surface area contributed by atoms with Gasteiger partial charge in [0, 0.05) is 20.2 Å². The summed E-state index contributed by atoms with van der Waals surface area (Å²) in [5.41, 5.74) is 0. The predicted octanol–water partition coefficient (Wildman–Crippen LogP) is 1.71. The minimum Gasteiger partial charge on any atom is -0.383 e. The Labute approximate surface area is 98.3 Å². The summed E-state index contributed by atoms with van der Waals surface area (Å²) in [5, 5.41) is 2.95. The van der Waals surface area contributed by atoms with Gasteiger partial charge in [0.25, 0.3) is 0 Å². The molecule has 94 valence electrons. The molecule has 16 heavy (non-hydrogen) atoms. The van der Waals surface area contributed by atoms with Gasteiger partial charge < -0.3 is 15.0 Å². The van der Waals surface area contributed by atoms with Gasteiger partial charge in [-0.2, -0.15) is 0 Å². The maximum absolute atomic E-state index is 11.9. The zero-order chi connectivity index (χ0) is 12.1. The third kappa shape index (κ3) is 4.00. The first-order valence-corrected chi connectivity index (χ1v) is 6.07. The monoisotopic (exact) mass is 228 g/mol. The summed E-state index contributed by atoms with van der Waals surface area (Å²) in [6.45, 7) is 8.66. The average molecular weight is 228 g/mol. The van der Waals surface area contributed by atoms with Crippen molar-refractivity contribution in [2.24, 2.45) is 11.8 Å². The molecule has 0 saturated carbocycles. The number of hydrogen-bond acceptors (Lipinski definition) is 2. The van der Waals surface area contributed by atoms with Gasteiger partial charge in [-0.05, 0) is 25.2 Å². The highest BCUT2D eigenvalue weighted by molar-refractivity contribution is 5.74. The van der Waals surface area contributed by atoms with Gasteiger partial charge in [0.15, 0.2) is 0 Å². The van der Waals surface area contributed by atoms with Gasteiger partial charge in [0.2, 0.25) is 0 Å². The van der Waals surface area contributed by atoms with E-state index < -0.39 is 0 Å². The molecule has 0 radical (unpaired) electrons. The highest BCUT2D eigenvalue weighted by atomic mass is 16.5. The van der Waals surface area contributed by atoms with Crippen LogP contribution in [-0.4, -0.2) is 43.8 Å². The Balaban J connectivity index is 2.40. The van der Waals surface area contributed by atoms with Gasteiger partial charge in [-0.1, -0.05) is 13.8 Å². The van der Waals surface area contributed by atoms with Gasteiger partial charge in [-0.25, -0.2) is 4.79 Å². The molecule has 1 fully saturated rings. The van der Waals surface area contributed by atoms with Crippen molar-refractivity contribution >= 4 is 6.03 Å². The summed E-state index contributed by atoms with van der Waals surface area (Å²) in [5.74, 6) is 1.21. The van der Waals surface area contributed by atoms with Crippen LogP contribution in [0.3, 0.4) is 0 Å². The van der Waals surface area contributed by atoms with Crippen molar-refractivity contribution in [2.45, 2.75) is 33.2 Å². The lowest BCUT2D eigenvalue weighted by Crippen LogP contribution is -2.50. The van der Waals surface area contributed by atoms with Crippen LogP contribution in [-0.2, 0) is 4.74 Å². The van der Waals surface area contributed by atoms with Gasteiger partial charge in [0.1, 0.15) is 0 Å². The van der Waals surface area contributed by atoms with Crippen LogP contribution >= 0.6 is 0 Å². The number of nitrogens with zero attached hydrogens (tertiary/aromatic N) is 1. The molecule has 1 rings (SSSR count). The zero-order valence-electron chi connectivity index (χ0n) is 10.8. The predicted molar refractivity (Wildman–Crippen MR) is 64.4 cm³/mol. The van der Waals surface area contributed by atoms with E-state index in [9.17, 15) is 4.79 Å². The second-order valence-electron chi connectivity index (χ2n) is 5.16. The van der Waals surface area contributed by atoms with E-state index in [0.29, 0.717) is 18.4 Å². The molecule has 1 aliphatic rings. The molecule has 2 amide bonds. The summed E-state index contributed by atoms with van der Waals surface area (Å²) in [6, 6.07) is 0.119. The van der Waals surface area contributed by atoms with Crippen LogP contribution < -0.4 is 5.32 Å². The standard InChI is InChI=1S/C12H24N2O2/c1-9-5-10(2)7-14(6-9)12(15)13-11(3)8-16-4/h9-11H,5-8H2,1-4H3,(H,13,15). The number of amides is 2. The molecule has 0 bridgehead atoms. The zero-order valence-corrected chi connectivity index (χ0v) is 10.8. The highest BCUT2D eigenvalue weighted by Crippen LogP contribution is 2.20. The molecule has 1 N–H and O–H groups in total. The molecule has 1 heterocycles. The second kappa shape index (κ2) is 6.09. The average Bonchev–Trinajstić information content (AvgIpc) is 2.16. The largest absolute Gasteiger partial charge is 0.383 e. The number of ether oxygens (including phenoxy) is 1. The number of piperidine rings is 1. The van der Waals surface area contributed by atoms with Crippen LogP contribution in [0.5, 0.6) is 0 Å². The fraction of sp³-hybridized carbons (Fsp3) is 0.917. The molecule has 1 aliphatic heterocycles. The fourth-order valence-corrected chi connectivity index (χ4v) is 2.42. The summed E-state index contributed by atoms with van der Waals surface area (Å²) < 4.78 is 5.00. The van der Waals surface area contributed by atoms with Crippen molar-refractivity contribution in [1.29, 1.82) is 0 Å². The second-order valence-corrected chi connectivity index (χ2v) is 5.16. The maximum atomic E-state index is 11.9. The van der Waals surface area contributed by atoms with Crippen LogP contribution in [0.1, 0.15) is 27.2 Å². The minimum absolute atomic E-state index is 0.0444. The van der Waals surface area contributed by atoms with Crippen molar-refractivity contribution in [3.63, 3.8) is 0 Å². The van der Waals surface area contributed by atoms with Crippen LogP contribution in [0.2, 0.25) is 0 Å². The number of urea groups is 1.